The van der Waals surface area contributed by atoms with E-state index in [1.807, 2.05) is 30.0 Å². The molecule has 1 aromatic heterocycles. The molecule has 0 unspecified atom stereocenters. The Hall–Kier alpha value is -1.72. The van der Waals surface area contributed by atoms with E-state index in [4.69, 9.17) is 4.98 Å². The van der Waals surface area contributed by atoms with Crippen LogP contribution < -0.4 is 0 Å². The van der Waals surface area contributed by atoms with Crippen LogP contribution in [0.3, 0.4) is 0 Å². The van der Waals surface area contributed by atoms with E-state index in [2.05, 4.69) is 22.4 Å². The van der Waals surface area contributed by atoms with Crippen LogP contribution in [0.15, 0.2) is 35.7 Å². The third-order valence-electron chi connectivity index (χ3n) is 3.99. The third-order valence-corrected chi connectivity index (χ3v) is 4.93. The first-order valence-corrected chi connectivity index (χ1v) is 8.64. The van der Waals surface area contributed by atoms with E-state index in [9.17, 15) is 4.79 Å². The van der Waals surface area contributed by atoms with Crippen molar-refractivity contribution in [3.05, 3.63) is 41.4 Å². The summed E-state index contributed by atoms with van der Waals surface area (Å²) < 4.78 is 0. The molecule has 1 saturated heterocycles. The number of hydrogen-bond acceptors (Lipinski definition) is 4. The number of thiazole rings is 1. The standard InChI is InChI=1S/C17H21N3OS/c1-2-16(21)20-10-8-19(9-11-20)12-15-13-22-17(18-15)14-6-4-3-5-7-14/h3-7,13H,2,8-12H2,1H3. The summed E-state index contributed by atoms with van der Waals surface area (Å²) in [5.41, 5.74) is 2.30. The summed E-state index contributed by atoms with van der Waals surface area (Å²) in [6.45, 7) is 6.34. The fourth-order valence-corrected chi connectivity index (χ4v) is 3.52. The lowest BCUT2D eigenvalue weighted by Gasteiger charge is -2.34. The summed E-state index contributed by atoms with van der Waals surface area (Å²) >= 11 is 1.70. The number of hydrogen-bond donors (Lipinski definition) is 0. The lowest BCUT2D eigenvalue weighted by molar-refractivity contribution is -0.132. The van der Waals surface area contributed by atoms with Gasteiger partial charge in [-0.15, -0.1) is 11.3 Å². The number of nitrogens with zero attached hydrogens (tertiary/aromatic N) is 3. The monoisotopic (exact) mass is 315 g/mol. The van der Waals surface area contributed by atoms with Gasteiger partial charge in [-0.05, 0) is 0 Å². The Labute approximate surface area is 135 Å². The molecule has 0 spiro atoms. The quantitative estimate of drug-likeness (QED) is 0.870. The van der Waals surface area contributed by atoms with Gasteiger partial charge in [0.2, 0.25) is 5.91 Å². The number of aromatic nitrogens is 1. The average Bonchev–Trinajstić information content (AvgIpc) is 3.04. The molecule has 1 aliphatic heterocycles. The van der Waals surface area contributed by atoms with Crippen molar-refractivity contribution in [1.82, 2.24) is 14.8 Å². The lowest BCUT2D eigenvalue weighted by atomic mass is 10.2. The van der Waals surface area contributed by atoms with Crippen LogP contribution in [0, 0.1) is 0 Å². The van der Waals surface area contributed by atoms with Crippen LogP contribution in [0.1, 0.15) is 19.0 Å². The highest BCUT2D eigenvalue weighted by Crippen LogP contribution is 2.24. The van der Waals surface area contributed by atoms with Crippen LogP contribution in [0.5, 0.6) is 0 Å². The number of rotatable bonds is 4. The highest BCUT2D eigenvalue weighted by atomic mass is 32.1. The molecule has 4 nitrogen and oxygen atoms in total. The number of carbonyl (C=O) groups excluding carboxylic acids is 1. The molecule has 116 valence electrons. The van der Waals surface area contributed by atoms with Gasteiger partial charge >= 0.3 is 0 Å². The topological polar surface area (TPSA) is 36.4 Å². The Morgan fingerprint density at radius 3 is 2.59 bits per heavy atom. The Kier molecular flexibility index (Phi) is 4.85. The van der Waals surface area contributed by atoms with Crippen molar-refractivity contribution in [1.29, 1.82) is 0 Å². The minimum atomic E-state index is 0.264. The molecule has 0 saturated carbocycles. The molecule has 2 aromatic rings. The molecule has 0 atom stereocenters. The largest absolute Gasteiger partial charge is 0.340 e. The van der Waals surface area contributed by atoms with E-state index in [0.29, 0.717) is 6.42 Å². The molecule has 0 aliphatic carbocycles. The predicted molar refractivity (Wildman–Crippen MR) is 89.7 cm³/mol. The molecule has 22 heavy (non-hydrogen) atoms. The van der Waals surface area contributed by atoms with Gasteiger partial charge in [-0.25, -0.2) is 4.98 Å². The Morgan fingerprint density at radius 2 is 1.91 bits per heavy atom. The number of piperazine rings is 1. The first-order chi connectivity index (χ1) is 10.8. The van der Waals surface area contributed by atoms with E-state index in [1.54, 1.807) is 11.3 Å². The van der Waals surface area contributed by atoms with Gasteiger partial charge in [-0.3, -0.25) is 9.69 Å². The first kappa shape index (κ1) is 15.2. The fraction of sp³-hybridized carbons (Fsp3) is 0.412. The summed E-state index contributed by atoms with van der Waals surface area (Å²) in [5.74, 6) is 0.264. The summed E-state index contributed by atoms with van der Waals surface area (Å²) in [4.78, 5) is 20.8. The van der Waals surface area contributed by atoms with Gasteiger partial charge < -0.3 is 4.90 Å². The molecule has 2 heterocycles. The van der Waals surface area contributed by atoms with Crippen molar-refractivity contribution < 1.29 is 4.79 Å². The molecule has 0 N–H and O–H groups in total. The van der Waals surface area contributed by atoms with Crippen molar-refractivity contribution in [3.8, 4) is 10.6 Å². The maximum atomic E-state index is 11.7. The van der Waals surface area contributed by atoms with Crippen LogP contribution in [-0.4, -0.2) is 46.9 Å². The molecule has 0 bridgehead atoms. The van der Waals surface area contributed by atoms with Crippen LogP contribution in [0.2, 0.25) is 0 Å². The van der Waals surface area contributed by atoms with Crippen LogP contribution in [-0.2, 0) is 11.3 Å². The summed E-state index contributed by atoms with van der Waals surface area (Å²) in [6, 6.07) is 10.3. The lowest BCUT2D eigenvalue weighted by Crippen LogP contribution is -2.48. The third kappa shape index (κ3) is 3.54. The highest BCUT2D eigenvalue weighted by molar-refractivity contribution is 7.13. The molecule has 1 aliphatic rings. The molecular weight excluding hydrogens is 294 g/mol. The molecule has 5 heteroatoms. The van der Waals surface area contributed by atoms with Crippen LogP contribution in [0.4, 0.5) is 0 Å². The fourth-order valence-electron chi connectivity index (χ4n) is 2.70. The second-order valence-corrected chi connectivity index (χ2v) is 6.38. The first-order valence-electron chi connectivity index (χ1n) is 7.76. The van der Waals surface area contributed by atoms with Crippen LogP contribution in [0.25, 0.3) is 10.6 Å². The van der Waals surface area contributed by atoms with Gasteiger partial charge in [0.15, 0.2) is 0 Å². The van der Waals surface area contributed by atoms with Crippen molar-refractivity contribution in [3.63, 3.8) is 0 Å². The second kappa shape index (κ2) is 7.03. The van der Waals surface area contributed by atoms with Gasteiger partial charge in [0.25, 0.3) is 0 Å². The van der Waals surface area contributed by atoms with E-state index < -0.39 is 0 Å². The molecule has 1 aromatic carbocycles. The normalized spacial score (nSPS) is 16.0. The van der Waals surface area contributed by atoms with Crippen molar-refractivity contribution in [2.75, 3.05) is 26.2 Å². The highest BCUT2D eigenvalue weighted by Gasteiger charge is 2.20. The second-order valence-electron chi connectivity index (χ2n) is 5.52. The van der Waals surface area contributed by atoms with Gasteiger partial charge in [-0.2, -0.15) is 0 Å². The Bertz CT molecular complexity index is 618. The minimum Gasteiger partial charge on any atom is -0.340 e. The zero-order valence-corrected chi connectivity index (χ0v) is 13.7. The van der Waals surface area contributed by atoms with Gasteiger partial charge in [0.1, 0.15) is 5.01 Å². The molecule has 0 radical (unpaired) electrons. The number of carbonyl (C=O) groups is 1. The average molecular weight is 315 g/mol. The molecule has 1 fully saturated rings. The summed E-state index contributed by atoms with van der Waals surface area (Å²) in [6.07, 6.45) is 0.604. The summed E-state index contributed by atoms with van der Waals surface area (Å²) in [7, 11) is 0. The Morgan fingerprint density at radius 1 is 1.18 bits per heavy atom. The molecular formula is C17H21N3OS. The molecule has 1 amide bonds. The van der Waals surface area contributed by atoms with E-state index in [1.165, 1.54) is 5.56 Å². The van der Waals surface area contributed by atoms with Gasteiger partial charge in [0, 0.05) is 50.1 Å². The maximum absolute atomic E-state index is 11.7. The summed E-state index contributed by atoms with van der Waals surface area (Å²) in [5, 5.41) is 3.22. The van der Waals surface area contributed by atoms with E-state index >= 15 is 0 Å². The number of amides is 1. The maximum Gasteiger partial charge on any atom is 0.222 e. The smallest absolute Gasteiger partial charge is 0.222 e. The van der Waals surface area contributed by atoms with Crippen molar-refractivity contribution in [2.45, 2.75) is 19.9 Å². The van der Waals surface area contributed by atoms with Crippen molar-refractivity contribution in [2.24, 2.45) is 0 Å². The predicted octanol–water partition coefficient (Wildman–Crippen LogP) is 2.86. The van der Waals surface area contributed by atoms with Crippen molar-refractivity contribution >= 4 is 17.2 Å². The zero-order valence-electron chi connectivity index (χ0n) is 12.9. The minimum absolute atomic E-state index is 0.264. The SMILES string of the molecule is CCC(=O)N1CCN(Cc2csc(-c3ccccc3)n2)CC1. The van der Waals surface area contributed by atoms with Gasteiger partial charge in [-0.1, -0.05) is 37.3 Å². The number of benzene rings is 1. The van der Waals surface area contributed by atoms with E-state index in [-0.39, 0.29) is 5.91 Å². The zero-order chi connectivity index (χ0) is 15.4. The van der Waals surface area contributed by atoms with E-state index in [0.717, 1.165) is 43.4 Å². The Balaban J connectivity index is 1.57. The van der Waals surface area contributed by atoms with Gasteiger partial charge in [0.05, 0.1) is 5.69 Å². The van der Waals surface area contributed by atoms with Crippen LogP contribution >= 0.6 is 11.3 Å². The molecule has 3 rings (SSSR count).